The Hall–Kier alpha value is -3.42. The molecular formula is C29H32FN3O3. The molecule has 6 nitrogen and oxygen atoms in total. The van der Waals surface area contributed by atoms with Crippen molar-refractivity contribution in [3.05, 3.63) is 84.2 Å². The molecule has 5 rings (SSSR count). The number of aliphatic hydroxyl groups excluding tert-OH is 1. The van der Waals surface area contributed by atoms with Gasteiger partial charge in [0.1, 0.15) is 11.6 Å². The molecule has 3 atom stereocenters. The zero-order chi connectivity index (χ0) is 25.1. The lowest BCUT2D eigenvalue weighted by molar-refractivity contribution is -0.0585. The number of rotatable bonds is 5. The van der Waals surface area contributed by atoms with Crippen molar-refractivity contribution >= 4 is 11.7 Å². The molecule has 2 N–H and O–H groups in total. The number of hydrogen-bond donors (Lipinski definition) is 2. The van der Waals surface area contributed by atoms with Crippen molar-refractivity contribution in [2.24, 2.45) is 0 Å². The maximum atomic E-state index is 14.3. The second-order valence-corrected chi connectivity index (χ2v) is 9.49. The van der Waals surface area contributed by atoms with Gasteiger partial charge in [0.25, 0.3) is 0 Å². The first-order valence-corrected chi connectivity index (χ1v) is 12.5. The SMILES string of the molecule is COc1ccc(NC(=O)N2CCCCN3[C@H](CO)[C@@H](c4ccc(-c5ccccc5F)cc4)[C@H]3C2)cc1. The number of benzene rings is 3. The second-order valence-electron chi connectivity index (χ2n) is 9.49. The lowest BCUT2D eigenvalue weighted by atomic mass is 9.74. The molecule has 0 aromatic heterocycles. The molecule has 0 radical (unpaired) electrons. The van der Waals surface area contributed by atoms with Crippen molar-refractivity contribution < 1.29 is 19.0 Å². The molecular weight excluding hydrogens is 457 g/mol. The predicted octanol–water partition coefficient (Wildman–Crippen LogP) is 4.96. The number of aliphatic hydroxyl groups is 1. The van der Waals surface area contributed by atoms with Crippen LogP contribution in [0.15, 0.2) is 72.8 Å². The molecule has 36 heavy (non-hydrogen) atoms. The summed E-state index contributed by atoms with van der Waals surface area (Å²) in [5.41, 5.74) is 3.23. The highest BCUT2D eigenvalue weighted by atomic mass is 19.1. The second kappa shape index (κ2) is 10.7. The minimum Gasteiger partial charge on any atom is -0.497 e. The Morgan fingerprint density at radius 1 is 1.03 bits per heavy atom. The van der Waals surface area contributed by atoms with Gasteiger partial charge in [0.2, 0.25) is 0 Å². The highest BCUT2D eigenvalue weighted by Gasteiger charge is 2.49. The molecule has 0 spiro atoms. The summed E-state index contributed by atoms with van der Waals surface area (Å²) in [4.78, 5) is 17.4. The van der Waals surface area contributed by atoms with Gasteiger partial charge in [0.05, 0.1) is 13.7 Å². The third-order valence-corrected chi connectivity index (χ3v) is 7.48. The molecule has 0 saturated carbocycles. The van der Waals surface area contributed by atoms with Crippen LogP contribution in [0, 0.1) is 5.82 Å². The van der Waals surface area contributed by atoms with Gasteiger partial charge in [-0.3, -0.25) is 4.90 Å². The van der Waals surface area contributed by atoms with Crippen molar-refractivity contribution in [3.63, 3.8) is 0 Å². The molecule has 2 heterocycles. The summed E-state index contributed by atoms with van der Waals surface area (Å²) >= 11 is 0. The van der Waals surface area contributed by atoms with Crippen LogP contribution in [0.5, 0.6) is 5.75 Å². The molecule has 0 bridgehead atoms. The lowest BCUT2D eigenvalue weighted by Gasteiger charge is -2.57. The van der Waals surface area contributed by atoms with Crippen molar-refractivity contribution in [2.75, 3.05) is 38.7 Å². The first-order valence-electron chi connectivity index (χ1n) is 12.5. The van der Waals surface area contributed by atoms with Gasteiger partial charge >= 0.3 is 6.03 Å². The van der Waals surface area contributed by atoms with E-state index in [4.69, 9.17) is 4.74 Å². The molecule has 2 aliphatic heterocycles. The molecule has 3 aromatic carbocycles. The molecule has 0 unspecified atom stereocenters. The number of urea groups is 1. The van der Waals surface area contributed by atoms with E-state index in [1.165, 1.54) is 6.07 Å². The summed E-state index contributed by atoms with van der Waals surface area (Å²) in [5.74, 6) is 0.592. The number of amides is 2. The van der Waals surface area contributed by atoms with Crippen LogP contribution >= 0.6 is 0 Å². The van der Waals surface area contributed by atoms with Crippen LogP contribution in [0.4, 0.5) is 14.9 Å². The third-order valence-electron chi connectivity index (χ3n) is 7.48. The number of carbonyl (C=O) groups is 1. The molecule has 2 saturated heterocycles. The van der Waals surface area contributed by atoms with E-state index in [2.05, 4.69) is 10.2 Å². The van der Waals surface area contributed by atoms with Crippen LogP contribution < -0.4 is 10.1 Å². The normalized spacial score (nSPS) is 22.1. The first-order chi connectivity index (χ1) is 17.6. The van der Waals surface area contributed by atoms with Crippen molar-refractivity contribution in [1.29, 1.82) is 0 Å². The van der Waals surface area contributed by atoms with Gasteiger partial charge < -0.3 is 20.1 Å². The van der Waals surface area contributed by atoms with E-state index in [9.17, 15) is 14.3 Å². The Morgan fingerprint density at radius 3 is 2.44 bits per heavy atom. The molecule has 188 valence electrons. The van der Waals surface area contributed by atoms with Gasteiger partial charge in [-0.2, -0.15) is 0 Å². The molecule has 3 aromatic rings. The summed E-state index contributed by atoms with van der Waals surface area (Å²) < 4.78 is 19.5. The highest BCUT2D eigenvalue weighted by Crippen LogP contribution is 2.42. The Kier molecular flexibility index (Phi) is 7.20. The fraction of sp³-hybridized carbons (Fsp3) is 0.345. The van der Waals surface area contributed by atoms with Crippen molar-refractivity contribution in [2.45, 2.75) is 30.8 Å². The molecule has 2 amide bonds. The van der Waals surface area contributed by atoms with Crippen LogP contribution in [0.25, 0.3) is 11.1 Å². The number of anilines is 1. The Morgan fingerprint density at radius 2 is 1.75 bits per heavy atom. The van der Waals surface area contributed by atoms with Gasteiger partial charge in [-0.25, -0.2) is 9.18 Å². The molecule has 2 aliphatic rings. The van der Waals surface area contributed by atoms with Crippen LogP contribution in [-0.4, -0.2) is 66.4 Å². The topological polar surface area (TPSA) is 65.0 Å². The number of ether oxygens (including phenoxy) is 1. The van der Waals surface area contributed by atoms with Crippen molar-refractivity contribution in [3.8, 4) is 16.9 Å². The average molecular weight is 490 g/mol. The highest BCUT2D eigenvalue weighted by molar-refractivity contribution is 5.89. The van der Waals surface area contributed by atoms with Gasteiger partial charge in [-0.05, 0) is 60.8 Å². The summed E-state index contributed by atoms with van der Waals surface area (Å²) in [6, 6.07) is 22.0. The van der Waals surface area contributed by atoms with Gasteiger partial charge in [-0.1, -0.05) is 42.5 Å². The zero-order valence-corrected chi connectivity index (χ0v) is 20.4. The predicted molar refractivity (Wildman–Crippen MR) is 139 cm³/mol. The standard InChI is InChI=1S/C29H32FN3O3/c1-36-23-14-12-22(13-15-23)31-29(35)32-16-4-5-17-33-26(18-32)28(27(33)19-34)21-10-8-20(9-11-21)24-6-2-3-7-25(24)30/h2-3,6-15,26-28,34H,4-5,16-19H2,1H3,(H,31,35)/t26-,27-,28+/m1/s1. The number of halogens is 1. The summed E-state index contributed by atoms with van der Waals surface area (Å²) in [5, 5.41) is 13.2. The molecule has 2 fully saturated rings. The summed E-state index contributed by atoms with van der Waals surface area (Å²) in [7, 11) is 1.61. The van der Waals surface area contributed by atoms with E-state index in [0.717, 1.165) is 42.0 Å². The average Bonchev–Trinajstić information content (AvgIpc) is 2.89. The van der Waals surface area contributed by atoms with E-state index in [1.807, 2.05) is 59.5 Å². The number of hydrogen-bond acceptors (Lipinski definition) is 4. The Balaban J connectivity index is 1.33. The van der Waals surface area contributed by atoms with Crippen LogP contribution in [-0.2, 0) is 0 Å². The van der Waals surface area contributed by atoms with Gasteiger partial charge in [0.15, 0.2) is 0 Å². The van der Waals surface area contributed by atoms with Gasteiger partial charge in [0, 0.05) is 42.3 Å². The monoisotopic (exact) mass is 489 g/mol. The molecule has 7 heteroatoms. The smallest absolute Gasteiger partial charge is 0.321 e. The molecule has 0 aliphatic carbocycles. The minimum absolute atomic E-state index is 0.0129. The van der Waals surface area contributed by atoms with Crippen LogP contribution in [0.2, 0.25) is 0 Å². The number of methoxy groups -OCH3 is 1. The zero-order valence-electron chi connectivity index (χ0n) is 20.4. The summed E-state index contributed by atoms with van der Waals surface area (Å²) in [6.07, 6.45) is 1.89. The first kappa shape index (κ1) is 24.3. The van der Waals surface area contributed by atoms with E-state index in [-0.39, 0.29) is 36.5 Å². The quantitative estimate of drug-likeness (QED) is 0.532. The minimum atomic E-state index is -0.244. The van der Waals surface area contributed by atoms with E-state index in [1.54, 1.807) is 19.2 Å². The fourth-order valence-electron chi connectivity index (χ4n) is 5.58. The van der Waals surface area contributed by atoms with Crippen LogP contribution in [0.1, 0.15) is 24.3 Å². The summed E-state index contributed by atoms with van der Waals surface area (Å²) in [6.45, 7) is 2.25. The number of nitrogens with zero attached hydrogens (tertiary/aromatic N) is 2. The third kappa shape index (κ3) is 4.81. The fourth-order valence-corrected chi connectivity index (χ4v) is 5.58. The lowest BCUT2D eigenvalue weighted by Crippen LogP contribution is -2.68. The number of fused-ring (bicyclic) bond motifs is 1. The van der Waals surface area contributed by atoms with E-state index >= 15 is 0 Å². The van der Waals surface area contributed by atoms with E-state index < -0.39 is 0 Å². The van der Waals surface area contributed by atoms with Gasteiger partial charge in [-0.15, -0.1) is 0 Å². The van der Waals surface area contributed by atoms with Crippen molar-refractivity contribution in [1.82, 2.24) is 9.80 Å². The van der Waals surface area contributed by atoms with E-state index in [0.29, 0.717) is 18.7 Å². The Bertz CT molecular complexity index is 1190. The Labute approximate surface area is 211 Å². The largest absolute Gasteiger partial charge is 0.497 e. The maximum absolute atomic E-state index is 14.3. The number of carbonyl (C=O) groups excluding carboxylic acids is 1. The number of nitrogens with one attached hydrogen (secondary N) is 1. The van der Waals surface area contributed by atoms with Crippen LogP contribution in [0.3, 0.4) is 0 Å². The maximum Gasteiger partial charge on any atom is 0.321 e.